The molecule has 0 aliphatic carbocycles. The van der Waals surface area contributed by atoms with E-state index in [9.17, 15) is 18.0 Å². The number of carbonyl (C=O) groups excluding carboxylic acids is 2. The fraction of sp³-hybridized carbons (Fsp3) is 0.263. The lowest BCUT2D eigenvalue weighted by molar-refractivity contribution is -0.116. The highest BCUT2D eigenvalue weighted by Crippen LogP contribution is 2.30. The van der Waals surface area contributed by atoms with Gasteiger partial charge in [0.1, 0.15) is 4.90 Å². The van der Waals surface area contributed by atoms with Gasteiger partial charge in [-0.25, -0.2) is 12.7 Å². The molecule has 0 spiro atoms. The zero-order valence-corrected chi connectivity index (χ0v) is 15.5. The molecule has 3 rings (SSSR count). The second kappa shape index (κ2) is 6.92. The third-order valence-electron chi connectivity index (χ3n) is 4.18. The van der Waals surface area contributed by atoms with Gasteiger partial charge in [-0.1, -0.05) is 18.2 Å². The lowest BCUT2D eigenvalue weighted by atomic mass is 10.1. The van der Waals surface area contributed by atoms with Crippen LogP contribution in [-0.2, 0) is 14.8 Å². The molecule has 2 aromatic rings. The predicted molar refractivity (Wildman–Crippen MR) is 98.4 cm³/mol. The summed E-state index contributed by atoms with van der Waals surface area (Å²) in [6, 6.07) is 11.9. The second-order valence-electron chi connectivity index (χ2n) is 6.41. The summed E-state index contributed by atoms with van der Waals surface area (Å²) in [4.78, 5) is 24.4. The molecule has 0 radical (unpaired) electrons. The Morgan fingerprint density at radius 1 is 1.08 bits per heavy atom. The first kappa shape index (κ1) is 18.1. The van der Waals surface area contributed by atoms with Crippen LogP contribution >= 0.6 is 0 Å². The molecule has 136 valence electrons. The topological polar surface area (TPSA) is 83.6 Å². The van der Waals surface area contributed by atoms with Gasteiger partial charge in [-0.05, 0) is 55.7 Å². The van der Waals surface area contributed by atoms with Crippen LogP contribution in [0.25, 0.3) is 0 Å². The van der Waals surface area contributed by atoms with Gasteiger partial charge in [0.25, 0.3) is 15.9 Å². The molecule has 0 saturated heterocycles. The smallest absolute Gasteiger partial charge is 0.269 e. The second-order valence-corrected chi connectivity index (χ2v) is 8.24. The SMILES string of the molecule is Cc1cc(C)cc(NC(=O)CCCN2C(=O)c3ccccc3S2(=O)=O)c1. The summed E-state index contributed by atoms with van der Waals surface area (Å²) in [6.45, 7) is 3.88. The van der Waals surface area contributed by atoms with Gasteiger partial charge >= 0.3 is 0 Å². The van der Waals surface area contributed by atoms with E-state index in [0.717, 1.165) is 15.4 Å². The summed E-state index contributed by atoms with van der Waals surface area (Å²) >= 11 is 0. The molecule has 0 bridgehead atoms. The Bertz CT molecular complexity index is 963. The Labute approximate surface area is 152 Å². The summed E-state index contributed by atoms with van der Waals surface area (Å²) in [6.07, 6.45) is 0.387. The number of nitrogens with zero attached hydrogens (tertiary/aromatic N) is 1. The Morgan fingerprint density at radius 2 is 1.73 bits per heavy atom. The minimum Gasteiger partial charge on any atom is -0.326 e. The maximum absolute atomic E-state index is 12.4. The fourth-order valence-corrected chi connectivity index (χ4v) is 4.71. The van der Waals surface area contributed by atoms with Crippen LogP contribution in [0.1, 0.15) is 34.3 Å². The van der Waals surface area contributed by atoms with Crippen molar-refractivity contribution in [3.8, 4) is 0 Å². The normalized spacial score (nSPS) is 15.0. The third-order valence-corrected chi connectivity index (χ3v) is 6.02. The van der Waals surface area contributed by atoms with E-state index >= 15 is 0 Å². The van der Waals surface area contributed by atoms with Crippen molar-refractivity contribution in [1.82, 2.24) is 4.31 Å². The average molecular weight is 372 g/mol. The maximum Gasteiger partial charge on any atom is 0.269 e. The highest BCUT2D eigenvalue weighted by atomic mass is 32.2. The van der Waals surface area contributed by atoms with Gasteiger partial charge in [-0.15, -0.1) is 0 Å². The van der Waals surface area contributed by atoms with Gasteiger partial charge < -0.3 is 5.32 Å². The molecular weight excluding hydrogens is 352 g/mol. The molecule has 0 fully saturated rings. The summed E-state index contributed by atoms with van der Waals surface area (Å²) in [5.74, 6) is -0.744. The molecule has 26 heavy (non-hydrogen) atoms. The van der Waals surface area contributed by atoms with Crippen molar-refractivity contribution in [2.24, 2.45) is 0 Å². The quantitative estimate of drug-likeness (QED) is 0.875. The lowest BCUT2D eigenvalue weighted by Gasteiger charge is -2.15. The molecule has 6 nitrogen and oxygen atoms in total. The molecule has 0 atom stereocenters. The number of fused-ring (bicyclic) bond motifs is 1. The van der Waals surface area contributed by atoms with Gasteiger partial charge in [0.05, 0.1) is 5.56 Å². The Morgan fingerprint density at radius 3 is 2.38 bits per heavy atom. The molecule has 0 unspecified atom stereocenters. The fourth-order valence-electron chi connectivity index (χ4n) is 3.11. The average Bonchev–Trinajstić information content (AvgIpc) is 2.75. The Hall–Kier alpha value is -2.67. The van der Waals surface area contributed by atoms with Gasteiger partial charge in [-0.2, -0.15) is 0 Å². The standard InChI is InChI=1S/C19H20N2O4S/c1-13-10-14(2)12-15(11-13)20-18(22)8-5-9-21-19(23)16-6-3-4-7-17(16)26(21,24)25/h3-4,6-7,10-12H,5,8-9H2,1-2H3,(H,20,22). The van der Waals surface area contributed by atoms with E-state index in [2.05, 4.69) is 5.32 Å². The van der Waals surface area contributed by atoms with E-state index in [-0.39, 0.29) is 35.8 Å². The highest BCUT2D eigenvalue weighted by molar-refractivity contribution is 7.90. The van der Waals surface area contributed by atoms with Crippen molar-refractivity contribution in [1.29, 1.82) is 0 Å². The number of benzene rings is 2. The first-order chi connectivity index (χ1) is 12.3. The molecule has 2 amide bonds. The van der Waals surface area contributed by atoms with Crippen LogP contribution in [0.2, 0.25) is 0 Å². The van der Waals surface area contributed by atoms with E-state index < -0.39 is 15.9 Å². The third kappa shape index (κ3) is 3.48. The number of sulfonamides is 1. The van der Waals surface area contributed by atoms with Gasteiger partial charge in [0.2, 0.25) is 5.91 Å². The van der Waals surface area contributed by atoms with Crippen molar-refractivity contribution in [3.63, 3.8) is 0 Å². The largest absolute Gasteiger partial charge is 0.326 e. The van der Waals surface area contributed by atoms with Crippen molar-refractivity contribution in [3.05, 3.63) is 59.2 Å². The molecule has 0 saturated carbocycles. The van der Waals surface area contributed by atoms with Crippen molar-refractivity contribution in [2.45, 2.75) is 31.6 Å². The molecule has 1 heterocycles. The first-order valence-corrected chi connectivity index (χ1v) is 9.77. The van der Waals surface area contributed by atoms with Gasteiger partial charge in [0.15, 0.2) is 0 Å². The molecule has 7 heteroatoms. The van der Waals surface area contributed by atoms with E-state index in [1.807, 2.05) is 32.0 Å². The molecule has 0 aromatic heterocycles. The van der Waals surface area contributed by atoms with Crippen LogP contribution in [-0.4, -0.2) is 31.1 Å². The molecule has 2 aromatic carbocycles. The number of rotatable bonds is 5. The van der Waals surface area contributed by atoms with Gasteiger partial charge in [-0.3, -0.25) is 9.59 Å². The van der Waals surface area contributed by atoms with Crippen LogP contribution in [0.4, 0.5) is 5.69 Å². The van der Waals surface area contributed by atoms with Crippen molar-refractivity contribution < 1.29 is 18.0 Å². The highest BCUT2D eigenvalue weighted by Gasteiger charge is 2.40. The monoisotopic (exact) mass is 372 g/mol. The minimum absolute atomic E-state index is 0.0177. The minimum atomic E-state index is -3.81. The van der Waals surface area contributed by atoms with Crippen molar-refractivity contribution in [2.75, 3.05) is 11.9 Å². The van der Waals surface area contributed by atoms with E-state index in [1.165, 1.54) is 12.1 Å². The van der Waals surface area contributed by atoms with Crippen LogP contribution in [0.3, 0.4) is 0 Å². The number of anilines is 1. The van der Waals surface area contributed by atoms with Crippen molar-refractivity contribution >= 4 is 27.5 Å². The van der Waals surface area contributed by atoms with Crippen LogP contribution in [0.15, 0.2) is 47.4 Å². The molecule has 1 N–H and O–H groups in total. The summed E-state index contributed by atoms with van der Waals surface area (Å²) in [7, 11) is -3.81. The molecule has 1 aliphatic rings. The molecular formula is C19H20N2O4S. The van der Waals surface area contributed by atoms with E-state index in [4.69, 9.17) is 0 Å². The van der Waals surface area contributed by atoms with E-state index in [1.54, 1.807) is 12.1 Å². The number of hydrogen-bond acceptors (Lipinski definition) is 4. The maximum atomic E-state index is 12.4. The van der Waals surface area contributed by atoms with Gasteiger partial charge in [0, 0.05) is 18.7 Å². The number of carbonyl (C=O) groups is 2. The lowest BCUT2D eigenvalue weighted by Crippen LogP contribution is -2.31. The zero-order valence-electron chi connectivity index (χ0n) is 14.7. The number of amides is 2. The molecule has 1 aliphatic heterocycles. The predicted octanol–water partition coefficient (Wildman–Crippen LogP) is 2.87. The Kier molecular flexibility index (Phi) is 4.82. The summed E-state index contributed by atoms with van der Waals surface area (Å²) in [5.41, 5.74) is 3.00. The number of nitrogens with one attached hydrogen (secondary N) is 1. The van der Waals surface area contributed by atoms with E-state index in [0.29, 0.717) is 5.69 Å². The number of aryl methyl sites for hydroxylation is 2. The van der Waals surface area contributed by atoms with Crippen LogP contribution in [0.5, 0.6) is 0 Å². The van der Waals surface area contributed by atoms with Crippen LogP contribution in [0, 0.1) is 13.8 Å². The summed E-state index contributed by atoms with van der Waals surface area (Å²) in [5, 5.41) is 2.81. The first-order valence-electron chi connectivity index (χ1n) is 8.33. The number of hydrogen-bond donors (Lipinski definition) is 1. The zero-order chi connectivity index (χ0) is 18.9. The Balaban J connectivity index is 1.60. The summed E-state index contributed by atoms with van der Waals surface area (Å²) < 4.78 is 25.7. The van der Waals surface area contributed by atoms with Crippen LogP contribution < -0.4 is 5.32 Å².